The Balaban J connectivity index is 2.06. The van der Waals surface area contributed by atoms with Gasteiger partial charge < -0.3 is 10.5 Å². The van der Waals surface area contributed by atoms with Gasteiger partial charge in [-0.1, -0.05) is 11.6 Å². The van der Waals surface area contributed by atoms with Gasteiger partial charge in [-0.05, 0) is 18.2 Å². The number of halogens is 1. The molecule has 0 fully saturated rings. The Labute approximate surface area is 113 Å². The molecule has 0 spiro atoms. The van der Waals surface area contributed by atoms with Crippen LogP contribution in [0.15, 0.2) is 30.7 Å². The van der Waals surface area contributed by atoms with E-state index in [0.717, 1.165) is 5.39 Å². The highest BCUT2D eigenvalue weighted by molar-refractivity contribution is 6.30. The predicted octanol–water partition coefficient (Wildman–Crippen LogP) is 2.39. The van der Waals surface area contributed by atoms with Gasteiger partial charge in [0.25, 0.3) is 0 Å². The molecule has 96 valence electrons. The van der Waals surface area contributed by atoms with Crippen LogP contribution >= 0.6 is 11.6 Å². The van der Waals surface area contributed by atoms with Gasteiger partial charge in [0.15, 0.2) is 11.4 Å². The van der Waals surface area contributed by atoms with E-state index in [1.54, 1.807) is 36.1 Å². The van der Waals surface area contributed by atoms with E-state index < -0.39 is 0 Å². The van der Waals surface area contributed by atoms with Gasteiger partial charge in [-0.3, -0.25) is 4.68 Å². The first-order valence-corrected chi connectivity index (χ1v) is 5.88. The minimum absolute atomic E-state index is 0.409. The number of nitrogen functional groups attached to an aromatic ring is 1. The summed E-state index contributed by atoms with van der Waals surface area (Å²) in [4.78, 5) is 8.24. The lowest BCUT2D eigenvalue weighted by molar-refractivity contribution is 0.470. The molecule has 2 heterocycles. The maximum absolute atomic E-state index is 5.84. The molecule has 19 heavy (non-hydrogen) atoms. The summed E-state index contributed by atoms with van der Waals surface area (Å²) < 4.78 is 7.35. The van der Waals surface area contributed by atoms with Gasteiger partial charge in [0, 0.05) is 12.1 Å². The van der Waals surface area contributed by atoms with Crippen molar-refractivity contribution in [2.45, 2.75) is 0 Å². The van der Waals surface area contributed by atoms with E-state index in [9.17, 15) is 0 Å². The number of ether oxygens (including phenoxy) is 1. The summed E-state index contributed by atoms with van der Waals surface area (Å²) in [6, 6.07) is 5.02. The third kappa shape index (κ3) is 2.06. The standard InChI is InChI=1S/C12H10ClN5O/c1-18-11-8(5-17-18)12(16-6-15-11)19-10-3-2-7(13)4-9(10)14/h2-6H,14H2,1H3. The number of fused-ring (bicyclic) bond motifs is 1. The van der Waals surface area contributed by atoms with Gasteiger partial charge >= 0.3 is 0 Å². The fourth-order valence-electron chi connectivity index (χ4n) is 1.74. The molecule has 2 N–H and O–H groups in total. The van der Waals surface area contributed by atoms with E-state index in [4.69, 9.17) is 22.1 Å². The average Bonchev–Trinajstić information content (AvgIpc) is 2.76. The summed E-state index contributed by atoms with van der Waals surface area (Å²) >= 11 is 5.84. The Bertz CT molecular complexity index is 755. The van der Waals surface area contributed by atoms with Crippen molar-refractivity contribution in [3.05, 3.63) is 35.7 Å². The molecule has 0 saturated carbocycles. The number of aromatic nitrogens is 4. The lowest BCUT2D eigenvalue weighted by Gasteiger charge is -2.08. The molecule has 3 aromatic rings. The Morgan fingerprint density at radius 2 is 2.16 bits per heavy atom. The lowest BCUT2D eigenvalue weighted by atomic mass is 10.3. The molecule has 3 rings (SSSR count). The van der Waals surface area contributed by atoms with E-state index in [1.165, 1.54) is 6.33 Å². The van der Waals surface area contributed by atoms with Crippen molar-refractivity contribution in [3.63, 3.8) is 0 Å². The van der Waals surface area contributed by atoms with E-state index >= 15 is 0 Å². The lowest BCUT2D eigenvalue weighted by Crippen LogP contribution is -1.96. The van der Waals surface area contributed by atoms with Crippen LogP contribution in [0.25, 0.3) is 11.0 Å². The molecule has 0 unspecified atom stereocenters. The second kappa shape index (κ2) is 4.40. The van der Waals surface area contributed by atoms with Crippen molar-refractivity contribution >= 4 is 28.3 Å². The SMILES string of the molecule is Cn1ncc2c(Oc3ccc(Cl)cc3N)ncnc21. The molecule has 2 aromatic heterocycles. The molecule has 0 bridgehead atoms. The Kier molecular flexibility index (Phi) is 2.72. The summed E-state index contributed by atoms with van der Waals surface area (Å²) in [7, 11) is 1.80. The van der Waals surface area contributed by atoms with E-state index in [-0.39, 0.29) is 0 Å². The topological polar surface area (TPSA) is 78.9 Å². The van der Waals surface area contributed by atoms with Crippen LogP contribution < -0.4 is 10.5 Å². The predicted molar refractivity (Wildman–Crippen MR) is 72.2 cm³/mol. The molecule has 0 aliphatic rings. The molecule has 0 amide bonds. The minimum Gasteiger partial charge on any atom is -0.436 e. The van der Waals surface area contributed by atoms with Gasteiger partial charge in [-0.25, -0.2) is 9.97 Å². The first-order valence-electron chi connectivity index (χ1n) is 5.51. The normalized spacial score (nSPS) is 10.8. The molecule has 6 nitrogen and oxygen atoms in total. The third-order valence-corrected chi connectivity index (χ3v) is 2.91. The zero-order chi connectivity index (χ0) is 13.4. The zero-order valence-electron chi connectivity index (χ0n) is 10.0. The van der Waals surface area contributed by atoms with E-state index in [2.05, 4.69) is 15.1 Å². The zero-order valence-corrected chi connectivity index (χ0v) is 10.8. The van der Waals surface area contributed by atoms with Crippen LogP contribution in [-0.2, 0) is 7.05 Å². The van der Waals surface area contributed by atoms with Gasteiger partial charge in [-0.15, -0.1) is 0 Å². The van der Waals surface area contributed by atoms with Gasteiger partial charge in [-0.2, -0.15) is 5.10 Å². The largest absolute Gasteiger partial charge is 0.436 e. The smallest absolute Gasteiger partial charge is 0.233 e. The molecule has 0 atom stereocenters. The number of hydrogen-bond donors (Lipinski definition) is 1. The van der Waals surface area contributed by atoms with E-state index in [0.29, 0.717) is 28.0 Å². The van der Waals surface area contributed by atoms with Crippen LogP contribution in [0.4, 0.5) is 5.69 Å². The maximum Gasteiger partial charge on any atom is 0.233 e. The number of hydrogen-bond acceptors (Lipinski definition) is 5. The first-order chi connectivity index (χ1) is 9.15. The molecule has 1 aromatic carbocycles. The van der Waals surface area contributed by atoms with Crippen molar-refractivity contribution in [2.24, 2.45) is 7.05 Å². The second-order valence-electron chi connectivity index (χ2n) is 3.97. The van der Waals surface area contributed by atoms with Gasteiger partial charge in [0.1, 0.15) is 11.7 Å². The van der Waals surface area contributed by atoms with Crippen molar-refractivity contribution in [3.8, 4) is 11.6 Å². The maximum atomic E-state index is 5.84. The summed E-state index contributed by atoms with van der Waals surface area (Å²) in [5.74, 6) is 0.903. The number of nitrogens with zero attached hydrogens (tertiary/aromatic N) is 4. The molecular weight excluding hydrogens is 266 g/mol. The molecule has 0 saturated heterocycles. The molecule has 0 aliphatic carbocycles. The Morgan fingerprint density at radius 1 is 1.32 bits per heavy atom. The molecule has 0 aliphatic heterocycles. The number of rotatable bonds is 2. The second-order valence-corrected chi connectivity index (χ2v) is 4.40. The quantitative estimate of drug-likeness (QED) is 0.727. The highest BCUT2D eigenvalue weighted by Crippen LogP contribution is 2.31. The van der Waals surface area contributed by atoms with Crippen LogP contribution in [0.3, 0.4) is 0 Å². The van der Waals surface area contributed by atoms with Crippen molar-refractivity contribution in [1.82, 2.24) is 19.7 Å². The Morgan fingerprint density at radius 3 is 2.95 bits per heavy atom. The van der Waals surface area contributed by atoms with Crippen LogP contribution in [0.5, 0.6) is 11.6 Å². The number of benzene rings is 1. The monoisotopic (exact) mass is 275 g/mol. The first kappa shape index (κ1) is 11.7. The Hall–Kier alpha value is -2.34. The minimum atomic E-state index is 0.409. The van der Waals surface area contributed by atoms with Crippen molar-refractivity contribution < 1.29 is 4.74 Å². The fraction of sp³-hybridized carbons (Fsp3) is 0.0833. The summed E-state index contributed by atoms with van der Waals surface area (Å²) in [6.45, 7) is 0. The van der Waals surface area contributed by atoms with Crippen LogP contribution in [0.2, 0.25) is 5.02 Å². The van der Waals surface area contributed by atoms with Crippen LogP contribution in [0, 0.1) is 0 Å². The number of nitrogens with two attached hydrogens (primary N) is 1. The number of aryl methyl sites for hydroxylation is 1. The molecule has 0 radical (unpaired) electrons. The summed E-state index contributed by atoms with van der Waals surface area (Å²) in [5.41, 5.74) is 6.98. The third-order valence-electron chi connectivity index (χ3n) is 2.67. The summed E-state index contributed by atoms with van der Waals surface area (Å²) in [5, 5.41) is 5.39. The van der Waals surface area contributed by atoms with Crippen molar-refractivity contribution in [2.75, 3.05) is 5.73 Å². The molecule has 7 heteroatoms. The average molecular weight is 276 g/mol. The van der Waals surface area contributed by atoms with Gasteiger partial charge in [0.2, 0.25) is 5.88 Å². The highest BCUT2D eigenvalue weighted by Gasteiger charge is 2.11. The van der Waals surface area contributed by atoms with Crippen LogP contribution in [-0.4, -0.2) is 19.7 Å². The number of anilines is 1. The highest BCUT2D eigenvalue weighted by atomic mass is 35.5. The van der Waals surface area contributed by atoms with Gasteiger partial charge in [0.05, 0.1) is 11.9 Å². The van der Waals surface area contributed by atoms with Crippen LogP contribution in [0.1, 0.15) is 0 Å². The van der Waals surface area contributed by atoms with E-state index in [1.807, 2.05) is 0 Å². The fourth-order valence-corrected chi connectivity index (χ4v) is 1.92. The van der Waals surface area contributed by atoms with Crippen molar-refractivity contribution in [1.29, 1.82) is 0 Å². The summed E-state index contributed by atoms with van der Waals surface area (Å²) in [6.07, 6.45) is 3.07. The molecular formula is C12H10ClN5O.